The molecule has 1 aromatic rings. The summed E-state index contributed by atoms with van der Waals surface area (Å²) in [6.45, 7) is 8.16. The predicted molar refractivity (Wildman–Crippen MR) is 81.5 cm³/mol. The number of halogens is 1. The van der Waals surface area contributed by atoms with Crippen LogP contribution in [0.15, 0.2) is 18.3 Å². The van der Waals surface area contributed by atoms with E-state index < -0.39 is 0 Å². The molecule has 0 N–H and O–H groups in total. The number of carbonyl (C=O) groups is 1. The Bertz CT molecular complexity index is 482. The number of aromatic nitrogens is 1. The molecular formula is C16H23ClN2O. The summed E-state index contributed by atoms with van der Waals surface area (Å²) in [6.07, 6.45) is 4.39. The van der Waals surface area contributed by atoms with Gasteiger partial charge in [-0.15, -0.1) is 0 Å². The molecule has 1 aliphatic heterocycles. The maximum Gasteiger partial charge on any atom is 0.222 e. The zero-order valence-electron chi connectivity index (χ0n) is 12.5. The highest BCUT2D eigenvalue weighted by Crippen LogP contribution is 2.34. The average molecular weight is 295 g/mol. The molecule has 1 aromatic heterocycles. The van der Waals surface area contributed by atoms with E-state index in [0.717, 1.165) is 25.1 Å². The number of pyridine rings is 1. The van der Waals surface area contributed by atoms with E-state index in [4.69, 9.17) is 11.6 Å². The molecule has 1 saturated heterocycles. The summed E-state index contributed by atoms with van der Waals surface area (Å²) in [5.74, 6) is 0.835. The topological polar surface area (TPSA) is 33.2 Å². The summed E-state index contributed by atoms with van der Waals surface area (Å²) in [7, 11) is 0. The van der Waals surface area contributed by atoms with Gasteiger partial charge in [0.15, 0.2) is 0 Å². The lowest BCUT2D eigenvalue weighted by molar-refractivity contribution is -0.131. The zero-order valence-corrected chi connectivity index (χ0v) is 13.3. The third-order valence-electron chi connectivity index (χ3n) is 4.16. The minimum atomic E-state index is 0.235. The standard InChI is InChI=1S/C16H23ClN2O/c1-16(2,3)12-4-5-15(20)19(9-7-12)11-14-10-13(17)6-8-18-14/h6,8,10,12H,4-5,7,9,11H2,1-3H3. The highest BCUT2D eigenvalue weighted by molar-refractivity contribution is 6.30. The average Bonchev–Trinajstić information content (AvgIpc) is 2.52. The highest BCUT2D eigenvalue weighted by Gasteiger charge is 2.29. The Hall–Kier alpha value is -1.09. The van der Waals surface area contributed by atoms with Gasteiger partial charge in [-0.25, -0.2) is 0 Å². The molecule has 2 heterocycles. The van der Waals surface area contributed by atoms with Gasteiger partial charge in [0.1, 0.15) is 0 Å². The lowest BCUT2D eigenvalue weighted by Gasteiger charge is -2.29. The van der Waals surface area contributed by atoms with E-state index in [1.807, 2.05) is 11.0 Å². The molecule has 1 fully saturated rings. The number of amides is 1. The Labute approximate surface area is 126 Å². The number of rotatable bonds is 2. The van der Waals surface area contributed by atoms with E-state index >= 15 is 0 Å². The third-order valence-corrected chi connectivity index (χ3v) is 4.40. The Kier molecular flexibility index (Phi) is 4.69. The molecule has 0 aromatic carbocycles. The second kappa shape index (κ2) is 6.13. The van der Waals surface area contributed by atoms with Crippen LogP contribution < -0.4 is 0 Å². The van der Waals surface area contributed by atoms with Crippen molar-refractivity contribution in [2.45, 2.75) is 46.6 Å². The molecule has 1 atom stereocenters. The number of hydrogen-bond acceptors (Lipinski definition) is 2. The van der Waals surface area contributed by atoms with Crippen molar-refractivity contribution in [1.29, 1.82) is 0 Å². The van der Waals surface area contributed by atoms with Crippen molar-refractivity contribution in [2.75, 3.05) is 6.54 Å². The van der Waals surface area contributed by atoms with Gasteiger partial charge >= 0.3 is 0 Å². The molecule has 4 heteroatoms. The Morgan fingerprint density at radius 3 is 2.80 bits per heavy atom. The smallest absolute Gasteiger partial charge is 0.222 e. The van der Waals surface area contributed by atoms with E-state index in [1.165, 1.54) is 0 Å². The molecule has 0 saturated carbocycles. The maximum atomic E-state index is 12.2. The molecule has 20 heavy (non-hydrogen) atoms. The molecule has 110 valence electrons. The van der Waals surface area contributed by atoms with Crippen LogP contribution in [0.3, 0.4) is 0 Å². The fourth-order valence-corrected chi connectivity index (χ4v) is 2.98. The summed E-state index contributed by atoms with van der Waals surface area (Å²) in [5.41, 5.74) is 1.13. The van der Waals surface area contributed by atoms with Crippen molar-refractivity contribution >= 4 is 17.5 Å². The fraction of sp³-hybridized carbons (Fsp3) is 0.625. The lowest BCUT2D eigenvalue weighted by Crippen LogP contribution is -2.30. The molecule has 0 bridgehead atoms. The van der Waals surface area contributed by atoms with Crippen LogP contribution in [0.4, 0.5) is 0 Å². The van der Waals surface area contributed by atoms with E-state index in [-0.39, 0.29) is 11.3 Å². The summed E-state index contributed by atoms with van der Waals surface area (Å²) in [5, 5.41) is 0.671. The Morgan fingerprint density at radius 1 is 1.40 bits per heavy atom. The minimum Gasteiger partial charge on any atom is -0.337 e. The van der Waals surface area contributed by atoms with Crippen molar-refractivity contribution in [3.8, 4) is 0 Å². The highest BCUT2D eigenvalue weighted by atomic mass is 35.5. The Morgan fingerprint density at radius 2 is 2.15 bits per heavy atom. The first-order chi connectivity index (χ1) is 9.36. The lowest BCUT2D eigenvalue weighted by atomic mass is 9.77. The molecule has 2 rings (SSSR count). The van der Waals surface area contributed by atoms with Gasteiger partial charge in [-0.2, -0.15) is 0 Å². The Balaban J connectivity index is 2.04. The van der Waals surface area contributed by atoms with Crippen molar-refractivity contribution in [3.63, 3.8) is 0 Å². The fourth-order valence-electron chi connectivity index (χ4n) is 2.80. The van der Waals surface area contributed by atoms with Crippen LogP contribution in [-0.4, -0.2) is 22.3 Å². The quantitative estimate of drug-likeness (QED) is 0.828. The maximum absolute atomic E-state index is 12.2. The normalized spacial score (nSPS) is 20.9. The number of carbonyl (C=O) groups excluding carboxylic acids is 1. The van der Waals surface area contributed by atoms with E-state index in [1.54, 1.807) is 12.3 Å². The first-order valence-corrected chi connectivity index (χ1v) is 7.62. The van der Waals surface area contributed by atoms with Gasteiger partial charge in [0.25, 0.3) is 0 Å². The van der Waals surface area contributed by atoms with Crippen LogP contribution in [0.2, 0.25) is 5.02 Å². The monoisotopic (exact) mass is 294 g/mol. The molecular weight excluding hydrogens is 272 g/mol. The second-order valence-electron chi connectivity index (χ2n) is 6.67. The zero-order chi connectivity index (χ0) is 14.8. The first-order valence-electron chi connectivity index (χ1n) is 7.24. The molecule has 0 spiro atoms. The number of nitrogens with zero attached hydrogens (tertiary/aromatic N) is 2. The van der Waals surface area contributed by atoms with Gasteiger partial charge in [-0.3, -0.25) is 9.78 Å². The van der Waals surface area contributed by atoms with Gasteiger partial charge in [-0.1, -0.05) is 32.4 Å². The molecule has 1 aliphatic rings. The van der Waals surface area contributed by atoms with E-state index in [9.17, 15) is 4.79 Å². The molecule has 0 radical (unpaired) electrons. The van der Waals surface area contributed by atoms with Crippen LogP contribution in [0, 0.1) is 11.3 Å². The van der Waals surface area contributed by atoms with Gasteiger partial charge < -0.3 is 4.90 Å². The van der Waals surface area contributed by atoms with Crippen LogP contribution in [-0.2, 0) is 11.3 Å². The van der Waals surface area contributed by atoms with Crippen molar-refractivity contribution in [1.82, 2.24) is 9.88 Å². The molecule has 1 unspecified atom stereocenters. The summed E-state index contributed by atoms with van der Waals surface area (Å²) in [6, 6.07) is 3.59. The SMILES string of the molecule is CC(C)(C)C1CCC(=O)N(Cc2cc(Cl)ccn2)CC1. The van der Waals surface area contributed by atoms with Crippen molar-refractivity contribution < 1.29 is 4.79 Å². The summed E-state index contributed by atoms with van der Waals surface area (Å²) in [4.78, 5) is 18.5. The molecule has 0 aliphatic carbocycles. The first kappa shape index (κ1) is 15.3. The van der Waals surface area contributed by atoms with Crippen LogP contribution in [0.25, 0.3) is 0 Å². The second-order valence-corrected chi connectivity index (χ2v) is 7.11. The number of likely N-dealkylation sites (tertiary alicyclic amines) is 1. The number of hydrogen-bond donors (Lipinski definition) is 0. The molecule has 3 nitrogen and oxygen atoms in total. The largest absolute Gasteiger partial charge is 0.337 e. The summed E-state index contributed by atoms with van der Waals surface area (Å²) < 4.78 is 0. The summed E-state index contributed by atoms with van der Waals surface area (Å²) >= 11 is 5.97. The van der Waals surface area contributed by atoms with Crippen molar-refractivity contribution in [3.05, 3.63) is 29.0 Å². The van der Waals surface area contributed by atoms with Crippen molar-refractivity contribution in [2.24, 2.45) is 11.3 Å². The predicted octanol–water partition coefficient (Wildman–Crippen LogP) is 3.91. The van der Waals surface area contributed by atoms with Gasteiger partial charge in [-0.05, 0) is 36.3 Å². The van der Waals surface area contributed by atoms with Gasteiger partial charge in [0, 0.05) is 24.2 Å². The molecule has 1 amide bonds. The van der Waals surface area contributed by atoms with E-state index in [0.29, 0.717) is 23.9 Å². The van der Waals surface area contributed by atoms with E-state index in [2.05, 4.69) is 25.8 Å². The minimum absolute atomic E-state index is 0.235. The van der Waals surface area contributed by atoms with Gasteiger partial charge in [0.05, 0.1) is 12.2 Å². The van der Waals surface area contributed by atoms with Crippen LogP contribution in [0.5, 0.6) is 0 Å². The van der Waals surface area contributed by atoms with Crippen LogP contribution >= 0.6 is 11.6 Å². The third kappa shape index (κ3) is 3.95. The van der Waals surface area contributed by atoms with Crippen LogP contribution in [0.1, 0.15) is 45.7 Å². The van der Waals surface area contributed by atoms with Gasteiger partial charge in [0.2, 0.25) is 5.91 Å².